The molecular formula is C15H31N2O5P. The van der Waals surface area contributed by atoms with E-state index in [9.17, 15) is 19.0 Å². The van der Waals surface area contributed by atoms with Crippen molar-refractivity contribution in [2.45, 2.75) is 57.5 Å². The Hall–Kier alpha value is -0.910. The minimum atomic E-state index is -3.99. The molecule has 0 aliphatic carbocycles. The third kappa shape index (κ3) is 9.08. The number of nitrogens with one attached hydrogen (secondary N) is 1. The molecule has 23 heavy (non-hydrogen) atoms. The Labute approximate surface area is 139 Å². The number of hydrogen-bond acceptors (Lipinski definition) is 4. The number of hydrogen-bond donors (Lipinski definition) is 2. The van der Waals surface area contributed by atoms with Gasteiger partial charge in [0.15, 0.2) is 0 Å². The van der Waals surface area contributed by atoms with E-state index in [-0.39, 0.29) is 18.9 Å². The average molecular weight is 350 g/mol. The summed E-state index contributed by atoms with van der Waals surface area (Å²) in [5, 5.41) is 2.55. The predicted octanol–water partition coefficient (Wildman–Crippen LogP) is 2.14. The minimum Gasteiger partial charge on any atom is -0.359 e. The summed E-state index contributed by atoms with van der Waals surface area (Å²) in [6.07, 6.45) is 4.25. The van der Waals surface area contributed by atoms with Crippen molar-refractivity contribution in [2.75, 3.05) is 27.7 Å². The standard InChI is InChI=1S/C15H31N2O5P/c1-5-6-12-22-23(20,21)13(15(19)17(3)4)10-8-7-9-11-14(18)16-2/h13H,5-12H2,1-4H3,(H,16,18)(H,20,21). The van der Waals surface area contributed by atoms with Gasteiger partial charge in [-0.2, -0.15) is 0 Å². The molecule has 136 valence electrons. The van der Waals surface area contributed by atoms with Gasteiger partial charge >= 0.3 is 7.60 Å². The Balaban J connectivity index is 4.55. The lowest BCUT2D eigenvalue weighted by molar-refractivity contribution is -0.128. The van der Waals surface area contributed by atoms with Gasteiger partial charge in [-0.15, -0.1) is 0 Å². The highest BCUT2D eigenvalue weighted by atomic mass is 31.2. The number of amides is 2. The summed E-state index contributed by atoms with van der Waals surface area (Å²) < 4.78 is 17.5. The highest BCUT2D eigenvalue weighted by Crippen LogP contribution is 2.50. The lowest BCUT2D eigenvalue weighted by Gasteiger charge is -2.24. The molecule has 0 saturated carbocycles. The Morgan fingerprint density at radius 2 is 1.87 bits per heavy atom. The molecule has 0 aromatic carbocycles. The molecule has 0 fully saturated rings. The molecule has 0 aromatic heterocycles. The van der Waals surface area contributed by atoms with E-state index in [0.717, 1.165) is 12.8 Å². The van der Waals surface area contributed by atoms with Crippen LogP contribution in [0.1, 0.15) is 51.9 Å². The summed E-state index contributed by atoms with van der Waals surface area (Å²) in [6, 6.07) is 0. The number of unbranched alkanes of at least 4 members (excludes halogenated alkanes) is 3. The van der Waals surface area contributed by atoms with E-state index in [1.165, 1.54) is 4.90 Å². The molecule has 0 aromatic rings. The van der Waals surface area contributed by atoms with Crippen LogP contribution in [0.15, 0.2) is 0 Å². The Kier molecular flexibility index (Phi) is 11.1. The third-order valence-corrected chi connectivity index (χ3v) is 5.37. The fourth-order valence-electron chi connectivity index (χ4n) is 2.08. The van der Waals surface area contributed by atoms with Crippen LogP contribution in [0, 0.1) is 0 Å². The lowest BCUT2D eigenvalue weighted by atomic mass is 10.1. The summed E-state index contributed by atoms with van der Waals surface area (Å²) in [5.74, 6) is -0.416. The zero-order valence-corrected chi connectivity index (χ0v) is 15.6. The summed E-state index contributed by atoms with van der Waals surface area (Å²) in [7, 11) is 0.726. The van der Waals surface area contributed by atoms with Crippen LogP contribution in [0.25, 0.3) is 0 Å². The van der Waals surface area contributed by atoms with Crippen molar-refractivity contribution < 1.29 is 23.6 Å². The van der Waals surface area contributed by atoms with E-state index in [1.807, 2.05) is 6.92 Å². The first kappa shape index (κ1) is 22.1. The fraction of sp³-hybridized carbons (Fsp3) is 0.867. The summed E-state index contributed by atoms with van der Waals surface area (Å²) in [4.78, 5) is 34.8. The minimum absolute atomic E-state index is 0.0263. The molecule has 2 N–H and O–H groups in total. The predicted molar refractivity (Wildman–Crippen MR) is 90.3 cm³/mol. The summed E-state index contributed by atoms with van der Waals surface area (Å²) in [5.41, 5.74) is -1.03. The first-order chi connectivity index (χ1) is 10.8. The molecule has 0 bridgehead atoms. The van der Waals surface area contributed by atoms with Crippen molar-refractivity contribution in [3.05, 3.63) is 0 Å². The van der Waals surface area contributed by atoms with E-state index < -0.39 is 19.2 Å². The average Bonchev–Trinajstić information content (AvgIpc) is 2.49. The van der Waals surface area contributed by atoms with Crippen molar-refractivity contribution in [3.63, 3.8) is 0 Å². The Bertz CT molecular complexity index is 415. The summed E-state index contributed by atoms with van der Waals surface area (Å²) in [6.45, 7) is 2.14. The van der Waals surface area contributed by atoms with Gasteiger partial charge in [0.1, 0.15) is 5.66 Å². The van der Waals surface area contributed by atoms with Gasteiger partial charge < -0.3 is 19.6 Å². The maximum absolute atomic E-state index is 12.4. The van der Waals surface area contributed by atoms with E-state index in [2.05, 4.69) is 5.32 Å². The van der Waals surface area contributed by atoms with Gasteiger partial charge in [0, 0.05) is 27.6 Å². The molecule has 0 heterocycles. The molecule has 0 aliphatic heterocycles. The second-order valence-electron chi connectivity index (χ2n) is 5.77. The largest absolute Gasteiger partial charge is 0.359 e. The zero-order chi connectivity index (χ0) is 17.9. The van der Waals surface area contributed by atoms with Crippen LogP contribution < -0.4 is 5.32 Å². The summed E-state index contributed by atoms with van der Waals surface area (Å²) >= 11 is 0. The topological polar surface area (TPSA) is 95.9 Å². The number of nitrogens with zero attached hydrogens (tertiary/aromatic N) is 1. The zero-order valence-electron chi connectivity index (χ0n) is 14.7. The maximum Gasteiger partial charge on any atom is 0.340 e. The van der Waals surface area contributed by atoms with Gasteiger partial charge in [-0.1, -0.05) is 26.2 Å². The van der Waals surface area contributed by atoms with Gasteiger partial charge in [-0.3, -0.25) is 14.2 Å². The molecular weight excluding hydrogens is 319 g/mol. The van der Waals surface area contributed by atoms with Gasteiger partial charge in [0.25, 0.3) is 0 Å². The quantitative estimate of drug-likeness (QED) is 0.415. The first-order valence-electron chi connectivity index (χ1n) is 8.15. The van der Waals surface area contributed by atoms with E-state index in [4.69, 9.17) is 4.52 Å². The molecule has 2 unspecified atom stereocenters. The third-order valence-electron chi connectivity index (χ3n) is 3.55. The molecule has 0 aliphatic rings. The highest BCUT2D eigenvalue weighted by molar-refractivity contribution is 7.54. The molecule has 7 nitrogen and oxygen atoms in total. The van der Waals surface area contributed by atoms with Crippen LogP contribution in [0.3, 0.4) is 0 Å². The Morgan fingerprint density at radius 1 is 1.22 bits per heavy atom. The van der Waals surface area contributed by atoms with Crippen molar-refractivity contribution >= 4 is 19.4 Å². The molecule has 0 spiro atoms. The van der Waals surface area contributed by atoms with Crippen molar-refractivity contribution in [1.29, 1.82) is 0 Å². The van der Waals surface area contributed by atoms with E-state index in [1.54, 1.807) is 21.1 Å². The SMILES string of the molecule is CCCCOP(=O)(O)C(CCCCCC(=O)NC)C(=O)N(C)C. The number of carbonyl (C=O) groups excluding carboxylic acids is 2. The molecule has 2 amide bonds. The van der Waals surface area contributed by atoms with Gasteiger partial charge in [0.2, 0.25) is 11.8 Å². The second kappa shape index (κ2) is 11.6. The Morgan fingerprint density at radius 3 is 2.39 bits per heavy atom. The van der Waals surface area contributed by atoms with Crippen LogP contribution >= 0.6 is 7.60 Å². The lowest BCUT2D eigenvalue weighted by Crippen LogP contribution is -2.34. The van der Waals surface area contributed by atoms with E-state index >= 15 is 0 Å². The van der Waals surface area contributed by atoms with Gasteiger partial charge in [0.05, 0.1) is 6.61 Å². The number of rotatable bonds is 12. The maximum atomic E-state index is 12.4. The number of carbonyl (C=O) groups is 2. The smallest absolute Gasteiger partial charge is 0.340 e. The van der Waals surface area contributed by atoms with Gasteiger partial charge in [-0.05, 0) is 19.3 Å². The first-order valence-corrected chi connectivity index (χ1v) is 9.79. The molecule has 8 heteroatoms. The van der Waals surface area contributed by atoms with Crippen LogP contribution in [-0.2, 0) is 18.7 Å². The molecule has 2 atom stereocenters. The molecule has 0 radical (unpaired) electrons. The normalized spacial score (nSPS) is 14.8. The second-order valence-corrected chi connectivity index (χ2v) is 7.78. The van der Waals surface area contributed by atoms with Crippen LogP contribution in [-0.4, -0.2) is 55.0 Å². The van der Waals surface area contributed by atoms with Crippen molar-refractivity contribution in [2.24, 2.45) is 0 Å². The monoisotopic (exact) mass is 350 g/mol. The highest BCUT2D eigenvalue weighted by Gasteiger charge is 2.38. The fourth-order valence-corrected chi connectivity index (χ4v) is 3.67. The van der Waals surface area contributed by atoms with E-state index in [0.29, 0.717) is 25.7 Å². The molecule has 0 rings (SSSR count). The van der Waals surface area contributed by atoms with Crippen molar-refractivity contribution in [3.8, 4) is 0 Å². The van der Waals surface area contributed by atoms with Crippen LogP contribution in [0.4, 0.5) is 0 Å². The van der Waals surface area contributed by atoms with Gasteiger partial charge in [-0.25, -0.2) is 0 Å². The van der Waals surface area contributed by atoms with Crippen molar-refractivity contribution in [1.82, 2.24) is 10.2 Å². The van der Waals surface area contributed by atoms with Crippen LogP contribution in [0.2, 0.25) is 0 Å². The molecule has 0 saturated heterocycles. The van der Waals surface area contributed by atoms with Crippen LogP contribution in [0.5, 0.6) is 0 Å².